The predicted octanol–water partition coefficient (Wildman–Crippen LogP) is 4.09. The van der Waals surface area contributed by atoms with Crippen LogP contribution in [0.1, 0.15) is 0 Å². The van der Waals surface area contributed by atoms with Crippen LogP contribution in [-0.4, -0.2) is 15.3 Å². The van der Waals surface area contributed by atoms with Gasteiger partial charge in [-0.2, -0.15) is 5.10 Å². The van der Waals surface area contributed by atoms with Crippen LogP contribution in [0.3, 0.4) is 0 Å². The molecule has 0 atom stereocenters. The van der Waals surface area contributed by atoms with Gasteiger partial charge < -0.3 is 5.11 Å². The molecule has 3 nitrogen and oxygen atoms in total. The fraction of sp³-hybridized carbons (Fsp3) is 0. The van der Waals surface area contributed by atoms with Gasteiger partial charge in [0.25, 0.3) is 0 Å². The Labute approximate surface area is 115 Å². The molecule has 0 bridgehead atoms. The number of aromatic amines is 1. The third-order valence-electron chi connectivity index (χ3n) is 3.66. The number of aromatic nitrogens is 2. The van der Waals surface area contributed by atoms with Gasteiger partial charge >= 0.3 is 0 Å². The van der Waals surface area contributed by atoms with Crippen LogP contribution in [0.5, 0.6) is 5.75 Å². The molecule has 0 spiro atoms. The predicted molar refractivity (Wildman–Crippen MR) is 80.7 cm³/mol. The number of nitrogens with one attached hydrogen (secondary N) is 1. The van der Waals surface area contributed by atoms with E-state index in [-0.39, 0.29) is 0 Å². The molecule has 0 unspecified atom stereocenters. The van der Waals surface area contributed by atoms with E-state index in [0.717, 1.165) is 32.8 Å². The van der Waals surface area contributed by atoms with Gasteiger partial charge in [-0.05, 0) is 5.56 Å². The van der Waals surface area contributed by atoms with Crippen molar-refractivity contribution in [1.29, 1.82) is 0 Å². The summed E-state index contributed by atoms with van der Waals surface area (Å²) < 4.78 is 0. The highest BCUT2D eigenvalue weighted by molar-refractivity contribution is 6.15. The van der Waals surface area contributed by atoms with Crippen molar-refractivity contribution in [3.63, 3.8) is 0 Å². The van der Waals surface area contributed by atoms with E-state index in [1.165, 1.54) is 0 Å². The number of H-pyrrole nitrogens is 1. The van der Waals surface area contributed by atoms with Crippen molar-refractivity contribution in [2.45, 2.75) is 0 Å². The van der Waals surface area contributed by atoms with E-state index < -0.39 is 0 Å². The molecule has 0 aliphatic heterocycles. The Morgan fingerprint density at radius 1 is 0.800 bits per heavy atom. The van der Waals surface area contributed by atoms with E-state index in [4.69, 9.17) is 0 Å². The minimum Gasteiger partial charge on any atom is -0.507 e. The van der Waals surface area contributed by atoms with Gasteiger partial charge in [-0.1, -0.05) is 54.6 Å². The van der Waals surface area contributed by atoms with Crippen LogP contribution in [0.4, 0.5) is 0 Å². The summed E-state index contributed by atoms with van der Waals surface area (Å²) in [6.07, 6.45) is 1.77. The molecule has 20 heavy (non-hydrogen) atoms. The summed E-state index contributed by atoms with van der Waals surface area (Å²) in [7, 11) is 0. The number of benzene rings is 3. The van der Waals surface area contributed by atoms with E-state index in [1.807, 2.05) is 54.6 Å². The van der Waals surface area contributed by atoms with Gasteiger partial charge in [0.2, 0.25) is 0 Å². The highest BCUT2D eigenvalue weighted by Crippen LogP contribution is 2.42. The number of hydrogen-bond acceptors (Lipinski definition) is 2. The molecule has 0 amide bonds. The molecular formula is C17H12N2O. The number of aromatic hydroxyl groups is 1. The van der Waals surface area contributed by atoms with Gasteiger partial charge in [0.15, 0.2) is 0 Å². The Kier molecular flexibility index (Phi) is 2.27. The molecule has 96 valence electrons. The topological polar surface area (TPSA) is 48.9 Å². The first kappa shape index (κ1) is 11.1. The number of nitrogens with zero attached hydrogens (tertiary/aromatic N) is 1. The van der Waals surface area contributed by atoms with Crippen LogP contribution in [0.15, 0.2) is 60.8 Å². The molecule has 1 aromatic heterocycles. The second-order valence-corrected chi connectivity index (χ2v) is 4.79. The van der Waals surface area contributed by atoms with E-state index >= 15 is 0 Å². The molecule has 3 heteroatoms. The third-order valence-corrected chi connectivity index (χ3v) is 3.66. The molecule has 0 fully saturated rings. The first-order valence-electron chi connectivity index (χ1n) is 6.48. The van der Waals surface area contributed by atoms with Gasteiger partial charge in [0.1, 0.15) is 5.75 Å². The fourth-order valence-corrected chi connectivity index (χ4v) is 2.75. The largest absolute Gasteiger partial charge is 0.507 e. The maximum Gasteiger partial charge on any atom is 0.132 e. The van der Waals surface area contributed by atoms with Crippen molar-refractivity contribution in [2.24, 2.45) is 0 Å². The van der Waals surface area contributed by atoms with E-state index in [1.54, 1.807) is 6.20 Å². The van der Waals surface area contributed by atoms with Crippen molar-refractivity contribution in [1.82, 2.24) is 10.2 Å². The molecule has 0 radical (unpaired) electrons. The van der Waals surface area contributed by atoms with Crippen LogP contribution in [0.25, 0.3) is 32.8 Å². The summed E-state index contributed by atoms with van der Waals surface area (Å²) in [5.74, 6) is 0.306. The second kappa shape index (κ2) is 4.10. The Morgan fingerprint density at radius 3 is 2.30 bits per heavy atom. The lowest BCUT2D eigenvalue weighted by atomic mass is 9.96. The monoisotopic (exact) mass is 260 g/mol. The first-order valence-corrected chi connectivity index (χ1v) is 6.48. The zero-order chi connectivity index (χ0) is 13.5. The molecule has 0 saturated heterocycles. The number of hydrogen-bond donors (Lipinski definition) is 2. The second-order valence-electron chi connectivity index (χ2n) is 4.79. The third kappa shape index (κ3) is 1.43. The van der Waals surface area contributed by atoms with E-state index in [2.05, 4.69) is 10.2 Å². The Hall–Kier alpha value is -2.81. The van der Waals surface area contributed by atoms with Crippen molar-refractivity contribution >= 4 is 21.7 Å². The summed E-state index contributed by atoms with van der Waals surface area (Å²) in [5, 5.41) is 20.6. The molecule has 1 heterocycles. The van der Waals surface area contributed by atoms with Crippen molar-refractivity contribution < 1.29 is 5.11 Å². The highest BCUT2D eigenvalue weighted by Gasteiger charge is 2.15. The zero-order valence-corrected chi connectivity index (χ0v) is 10.7. The molecule has 4 aromatic rings. The Morgan fingerprint density at radius 2 is 1.50 bits per heavy atom. The molecule has 0 saturated carbocycles. The lowest BCUT2D eigenvalue weighted by Gasteiger charge is -2.10. The fourth-order valence-electron chi connectivity index (χ4n) is 2.75. The van der Waals surface area contributed by atoms with E-state index in [0.29, 0.717) is 5.75 Å². The standard InChI is InChI=1S/C17H12N2O/c20-17-13-9-5-4-8-12(13)16-14(10-18-19-16)15(17)11-6-2-1-3-7-11/h1-10,20H,(H,18,19). The first-order chi connectivity index (χ1) is 9.86. The highest BCUT2D eigenvalue weighted by atomic mass is 16.3. The van der Waals surface area contributed by atoms with Crippen molar-refractivity contribution in [3.05, 3.63) is 60.8 Å². The van der Waals surface area contributed by atoms with Gasteiger partial charge in [-0.3, -0.25) is 5.10 Å². The average Bonchev–Trinajstić information content (AvgIpc) is 2.98. The maximum atomic E-state index is 10.7. The van der Waals surface area contributed by atoms with Gasteiger partial charge in [0, 0.05) is 21.7 Å². The number of fused-ring (bicyclic) bond motifs is 3. The molecular weight excluding hydrogens is 248 g/mol. The van der Waals surface area contributed by atoms with Crippen molar-refractivity contribution in [2.75, 3.05) is 0 Å². The van der Waals surface area contributed by atoms with Gasteiger partial charge in [0.05, 0.1) is 11.7 Å². The number of phenols is 1. The van der Waals surface area contributed by atoms with Crippen LogP contribution >= 0.6 is 0 Å². The van der Waals surface area contributed by atoms with Crippen LogP contribution < -0.4 is 0 Å². The molecule has 3 aromatic carbocycles. The van der Waals surface area contributed by atoms with Gasteiger partial charge in [-0.15, -0.1) is 0 Å². The van der Waals surface area contributed by atoms with E-state index in [9.17, 15) is 5.11 Å². The Bertz CT molecular complexity index is 910. The van der Waals surface area contributed by atoms with Crippen LogP contribution in [0, 0.1) is 0 Å². The zero-order valence-electron chi connectivity index (χ0n) is 10.7. The van der Waals surface area contributed by atoms with Gasteiger partial charge in [-0.25, -0.2) is 0 Å². The minimum atomic E-state index is 0.306. The maximum absolute atomic E-state index is 10.7. The lowest BCUT2D eigenvalue weighted by Crippen LogP contribution is -1.84. The average molecular weight is 260 g/mol. The normalized spacial score (nSPS) is 11.2. The van der Waals surface area contributed by atoms with Crippen molar-refractivity contribution in [3.8, 4) is 16.9 Å². The van der Waals surface area contributed by atoms with Crippen LogP contribution in [0.2, 0.25) is 0 Å². The molecule has 0 aliphatic rings. The summed E-state index contributed by atoms with van der Waals surface area (Å²) >= 11 is 0. The summed E-state index contributed by atoms with van der Waals surface area (Å²) in [5.41, 5.74) is 2.77. The summed E-state index contributed by atoms with van der Waals surface area (Å²) in [4.78, 5) is 0. The van der Waals surface area contributed by atoms with Crippen LogP contribution in [-0.2, 0) is 0 Å². The molecule has 2 N–H and O–H groups in total. The smallest absolute Gasteiger partial charge is 0.132 e. The molecule has 4 rings (SSSR count). The number of phenolic OH excluding ortho intramolecular Hbond substituents is 1. The summed E-state index contributed by atoms with van der Waals surface area (Å²) in [6.45, 7) is 0. The minimum absolute atomic E-state index is 0.306. The lowest BCUT2D eigenvalue weighted by molar-refractivity contribution is 0.484. The summed E-state index contributed by atoms with van der Waals surface area (Å²) in [6, 6.07) is 17.7. The Balaban J connectivity index is 2.24. The molecule has 0 aliphatic carbocycles. The number of rotatable bonds is 1. The SMILES string of the molecule is Oc1c(-c2ccccc2)c2cn[nH]c2c2ccccc12. The quantitative estimate of drug-likeness (QED) is 0.541.